The molecule has 0 fully saturated rings. The molecule has 1 aromatic heterocycles. The summed E-state index contributed by atoms with van der Waals surface area (Å²) in [6, 6.07) is 7.29. The molecule has 1 aromatic carbocycles. The minimum atomic E-state index is -0.248. The Morgan fingerprint density at radius 3 is 2.43 bits per heavy atom. The Hall–Kier alpha value is -2.50. The van der Waals surface area contributed by atoms with E-state index in [1.165, 1.54) is 0 Å². The molecule has 1 amide bonds. The Labute approximate surface area is 124 Å². The van der Waals surface area contributed by atoms with E-state index >= 15 is 0 Å². The highest BCUT2D eigenvalue weighted by atomic mass is 16.1. The van der Waals surface area contributed by atoms with Crippen LogP contribution in [-0.4, -0.2) is 27.6 Å². The number of amides is 1. The van der Waals surface area contributed by atoms with Gasteiger partial charge in [-0.15, -0.1) is 5.10 Å². The van der Waals surface area contributed by atoms with Gasteiger partial charge in [-0.3, -0.25) is 10.1 Å². The summed E-state index contributed by atoms with van der Waals surface area (Å²) in [6.45, 7) is 6.66. The van der Waals surface area contributed by atoms with Crippen LogP contribution in [0.5, 0.6) is 0 Å². The normalized spacial score (nSPS) is 10.2. The minimum absolute atomic E-state index is 0.219. The van der Waals surface area contributed by atoms with Crippen LogP contribution in [0.1, 0.15) is 35.1 Å². The molecule has 0 aliphatic rings. The van der Waals surface area contributed by atoms with Crippen LogP contribution in [0, 0.1) is 13.8 Å². The summed E-state index contributed by atoms with van der Waals surface area (Å²) in [5.41, 5.74) is 3.05. The van der Waals surface area contributed by atoms with E-state index in [-0.39, 0.29) is 11.9 Å². The van der Waals surface area contributed by atoms with Crippen LogP contribution in [0.15, 0.2) is 24.3 Å². The number of nitrogens with one attached hydrogen (secondary N) is 2. The zero-order valence-electron chi connectivity index (χ0n) is 12.5. The number of aromatic nitrogens is 3. The van der Waals surface area contributed by atoms with Crippen molar-refractivity contribution in [1.82, 2.24) is 15.2 Å². The maximum absolute atomic E-state index is 12.1. The van der Waals surface area contributed by atoms with Gasteiger partial charge >= 0.3 is 0 Å². The molecule has 0 aliphatic carbocycles. The maximum atomic E-state index is 12.1. The predicted molar refractivity (Wildman–Crippen MR) is 82.5 cm³/mol. The molecule has 6 heteroatoms. The van der Waals surface area contributed by atoms with E-state index < -0.39 is 0 Å². The van der Waals surface area contributed by atoms with Crippen LogP contribution in [-0.2, 0) is 0 Å². The lowest BCUT2D eigenvalue weighted by Crippen LogP contribution is -2.15. The van der Waals surface area contributed by atoms with Gasteiger partial charge in [0.25, 0.3) is 5.91 Å². The van der Waals surface area contributed by atoms with Crippen molar-refractivity contribution in [3.8, 4) is 0 Å². The average Bonchev–Trinajstić information content (AvgIpc) is 2.49. The first-order valence-electron chi connectivity index (χ1n) is 6.93. The smallest absolute Gasteiger partial charge is 0.258 e. The fourth-order valence-corrected chi connectivity index (χ4v) is 1.69. The summed E-state index contributed by atoms with van der Waals surface area (Å²) >= 11 is 0. The standard InChI is InChI=1S/C15H19N5O/c1-4-9-16-13-7-5-12(6-8-13)14(21)18-15-17-10(2)11(3)19-20-15/h5-8,16H,4,9H2,1-3H3,(H,17,18,20,21). The van der Waals surface area contributed by atoms with Gasteiger partial charge in [0.05, 0.1) is 11.4 Å². The first-order chi connectivity index (χ1) is 10.1. The average molecular weight is 285 g/mol. The number of carbonyl (C=O) groups is 1. The molecule has 6 nitrogen and oxygen atoms in total. The van der Waals surface area contributed by atoms with E-state index in [2.05, 4.69) is 32.7 Å². The zero-order valence-corrected chi connectivity index (χ0v) is 12.5. The van der Waals surface area contributed by atoms with Crippen LogP contribution in [0.3, 0.4) is 0 Å². The molecule has 0 spiro atoms. The number of benzene rings is 1. The lowest BCUT2D eigenvalue weighted by Gasteiger charge is -2.07. The van der Waals surface area contributed by atoms with Crippen LogP contribution >= 0.6 is 0 Å². The van der Waals surface area contributed by atoms with E-state index in [9.17, 15) is 4.79 Å². The molecule has 1 heterocycles. The molecule has 0 unspecified atom stereocenters. The number of hydrogen-bond acceptors (Lipinski definition) is 5. The number of nitrogens with zero attached hydrogens (tertiary/aromatic N) is 3. The van der Waals surface area contributed by atoms with Gasteiger partial charge in [-0.25, -0.2) is 4.98 Å². The maximum Gasteiger partial charge on any atom is 0.258 e. The summed E-state index contributed by atoms with van der Waals surface area (Å²) in [7, 11) is 0. The Morgan fingerprint density at radius 2 is 1.81 bits per heavy atom. The van der Waals surface area contributed by atoms with Crippen molar-refractivity contribution in [2.45, 2.75) is 27.2 Å². The molecule has 21 heavy (non-hydrogen) atoms. The van der Waals surface area contributed by atoms with Gasteiger partial charge in [0.1, 0.15) is 0 Å². The van der Waals surface area contributed by atoms with E-state index in [0.29, 0.717) is 5.56 Å². The van der Waals surface area contributed by atoms with Crippen molar-refractivity contribution in [1.29, 1.82) is 0 Å². The monoisotopic (exact) mass is 285 g/mol. The van der Waals surface area contributed by atoms with E-state index in [0.717, 1.165) is 30.0 Å². The van der Waals surface area contributed by atoms with Crippen molar-refractivity contribution in [2.75, 3.05) is 17.2 Å². The van der Waals surface area contributed by atoms with Gasteiger partial charge in [-0.2, -0.15) is 5.10 Å². The molecule has 2 aromatic rings. The lowest BCUT2D eigenvalue weighted by molar-refractivity contribution is 0.102. The molecule has 0 saturated carbocycles. The topological polar surface area (TPSA) is 79.8 Å². The molecule has 0 bridgehead atoms. The second-order valence-corrected chi connectivity index (χ2v) is 4.76. The van der Waals surface area contributed by atoms with Gasteiger partial charge in [0.2, 0.25) is 5.95 Å². The Morgan fingerprint density at radius 1 is 1.10 bits per heavy atom. The number of rotatable bonds is 5. The second kappa shape index (κ2) is 6.78. The Bertz CT molecular complexity index is 624. The summed E-state index contributed by atoms with van der Waals surface area (Å²) in [5.74, 6) is -0.0293. The third kappa shape index (κ3) is 3.98. The zero-order chi connectivity index (χ0) is 15.2. The number of hydrogen-bond donors (Lipinski definition) is 2. The fraction of sp³-hybridized carbons (Fsp3) is 0.333. The van der Waals surface area contributed by atoms with Gasteiger partial charge in [0.15, 0.2) is 0 Å². The van der Waals surface area contributed by atoms with Crippen molar-refractivity contribution < 1.29 is 4.79 Å². The van der Waals surface area contributed by atoms with Crippen LogP contribution < -0.4 is 10.6 Å². The summed E-state index contributed by atoms with van der Waals surface area (Å²) < 4.78 is 0. The lowest BCUT2D eigenvalue weighted by atomic mass is 10.2. The largest absolute Gasteiger partial charge is 0.385 e. The minimum Gasteiger partial charge on any atom is -0.385 e. The van der Waals surface area contributed by atoms with E-state index in [1.54, 1.807) is 12.1 Å². The molecule has 0 atom stereocenters. The molecule has 110 valence electrons. The third-order valence-electron chi connectivity index (χ3n) is 3.04. The van der Waals surface area contributed by atoms with Crippen LogP contribution in [0.25, 0.3) is 0 Å². The molecular formula is C15H19N5O. The van der Waals surface area contributed by atoms with Gasteiger partial charge < -0.3 is 5.32 Å². The summed E-state index contributed by atoms with van der Waals surface area (Å²) in [5, 5.41) is 13.7. The highest BCUT2D eigenvalue weighted by molar-refractivity contribution is 6.03. The SMILES string of the molecule is CCCNc1ccc(C(=O)Nc2nnc(C)c(C)n2)cc1. The number of carbonyl (C=O) groups excluding carboxylic acids is 1. The van der Waals surface area contributed by atoms with Crippen molar-refractivity contribution in [3.63, 3.8) is 0 Å². The van der Waals surface area contributed by atoms with E-state index in [1.807, 2.05) is 26.0 Å². The summed E-state index contributed by atoms with van der Waals surface area (Å²) in [6.07, 6.45) is 1.05. The van der Waals surface area contributed by atoms with Gasteiger partial charge in [-0.05, 0) is 44.5 Å². The molecule has 2 rings (SSSR count). The van der Waals surface area contributed by atoms with E-state index in [4.69, 9.17) is 0 Å². The molecular weight excluding hydrogens is 266 g/mol. The number of aryl methyl sites for hydroxylation is 2. The highest BCUT2D eigenvalue weighted by Gasteiger charge is 2.09. The van der Waals surface area contributed by atoms with Crippen molar-refractivity contribution in [2.24, 2.45) is 0 Å². The Balaban J connectivity index is 2.04. The second-order valence-electron chi connectivity index (χ2n) is 4.76. The molecule has 2 N–H and O–H groups in total. The van der Waals surface area contributed by atoms with Crippen molar-refractivity contribution in [3.05, 3.63) is 41.2 Å². The molecule has 0 radical (unpaired) electrons. The Kier molecular flexibility index (Phi) is 4.81. The number of anilines is 2. The first kappa shape index (κ1) is 14.9. The first-order valence-corrected chi connectivity index (χ1v) is 6.93. The molecule has 0 aliphatic heterocycles. The molecule has 0 saturated heterocycles. The third-order valence-corrected chi connectivity index (χ3v) is 3.04. The van der Waals surface area contributed by atoms with Gasteiger partial charge in [0, 0.05) is 17.8 Å². The van der Waals surface area contributed by atoms with Crippen molar-refractivity contribution >= 4 is 17.5 Å². The van der Waals surface area contributed by atoms with Crippen LogP contribution in [0.2, 0.25) is 0 Å². The predicted octanol–water partition coefficient (Wildman–Crippen LogP) is 2.56. The highest BCUT2D eigenvalue weighted by Crippen LogP contribution is 2.11. The van der Waals surface area contributed by atoms with Gasteiger partial charge in [-0.1, -0.05) is 6.92 Å². The quantitative estimate of drug-likeness (QED) is 0.882. The van der Waals surface area contributed by atoms with Crippen LogP contribution in [0.4, 0.5) is 11.6 Å². The fourth-order valence-electron chi connectivity index (χ4n) is 1.69. The summed E-state index contributed by atoms with van der Waals surface area (Å²) in [4.78, 5) is 16.3.